The highest BCUT2D eigenvalue weighted by Crippen LogP contribution is 2.34. The summed E-state index contributed by atoms with van der Waals surface area (Å²) in [5.41, 5.74) is 0.577. The van der Waals surface area contributed by atoms with Crippen molar-refractivity contribution in [3.05, 3.63) is 70.0 Å². The van der Waals surface area contributed by atoms with E-state index < -0.39 is 11.9 Å². The molecular formula is C21H18Cl2N2O4. The molecule has 0 atom stereocenters. The first kappa shape index (κ1) is 20.9. The topological polar surface area (TPSA) is 66.9 Å². The summed E-state index contributed by atoms with van der Waals surface area (Å²) >= 11 is 11.9. The fourth-order valence-electron chi connectivity index (χ4n) is 2.83. The molecule has 0 spiro atoms. The summed E-state index contributed by atoms with van der Waals surface area (Å²) in [5, 5.41) is 0.941. The van der Waals surface area contributed by atoms with Crippen molar-refractivity contribution in [1.82, 2.24) is 0 Å². The molecule has 3 rings (SSSR count). The summed E-state index contributed by atoms with van der Waals surface area (Å²) in [5.74, 6) is -0.853. The van der Waals surface area contributed by atoms with Gasteiger partial charge in [0.05, 0.1) is 18.0 Å². The number of amides is 3. The van der Waals surface area contributed by atoms with E-state index in [4.69, 9.17) is 27.9 Å². The number of halogens is 2. The zero-order valence-corrected chi connectivity index (χ0v) is 17.1. The van der Waals surface area contributed by atoms with Crippen LogP contribution in [-0.4, -0.2) is 24.8 Å². The fraction of sp³-hybridized carbons (Fsp3) is 0.190. The molecule has 0 aliphatic carbocycles. The molecule has 6 nitrogen and oxygen atoms in total. The Bertz CT molecular complexity index is 956. The minimum absolute atomic E-state index is 0.140. The Hall–Kier alpha value is -2.83. The molecule has 0 unspecified atom stereocenters. The first-order chi connectivity index (χ1) is 14.0. The number of aldehydes is 1. The maximum absolute atomic E-state index is 13.2. The van der Waals surface area contributed by atoms with Crippen LogP contribution in [0.2, 0.25) is 10.0 Å². The molecule has 2 aromatic rings. The van der Waals surface area contributed by atoms with Crippen LogP contribution in [0.1, 0.15) is 19.8 Å². The van der Waals surface area contributed by atoms with Crippen LogP contribution in [0.15, 0.2) is 60.0 Å². The van der Waals surface area contributed by atoms with E-state index in [0.717, 1.165) is 16.2 Å². The lowest BCUT2D eigenvalue weighted by Gasteiger charge is -2.18. The van der Waals surface area contributed by atoms with Gasteiger partial charge in [-0.05, 0) is 55.0 Å². The van der Waals surface area contributed by atoms with E-state index in [2.05, 4.69) is 0 Å². The number of rotatable bonds is 7. The van der Waals surface area contributed by atoms with Crippen molar-refractivity contribution < 1.29 is 19.1 Å². The summed E-state index contributed by atoms with van der Waals surface area (Å²) in [6.45, 7) is 2.23. The van der Waals surface area contributed by atoms with Crippen molar-refractivity contribution in [3.63, 3.8) is 0 Å². The van der Waals surface area contributed by atoms with Crippen molar-refractivity contribution in [2.75, 3.05) is 16.4 Å². The third kappa shape index (κ3) is 4.28. The van der Waals surface area contributed by atoms with E-state index >= 15 is 0 Å². The van der Waals surface area contributed by atoms with Gasteiger partial charge >= 0.3 is 6.03 Å². The minimum Gasteiger partial charge on any atom is -0.488 e. The number of carbonyl (C=O) groups excluding carboxylic acids is 3. The Balaban J connectivity index is 2.11. The second-order valence-corrected chi connectivity index (χ2v) is 7.12. The number of imide groups is 1. The number of urea groups is 1. The van der Waals surface area contributed by atoms with Crippen LogP contribution < -0.4 is 9.80 Å². The number of ether oxygens (including phenoxy) is 1. The number of allylic oxidation sites excluding steroid dienone is 1. The van der Waals surface area contributed by atoms with Crippen LogP contribution in [0, 0.1) is 0 Å². The van der Waals surface area contributed by atoms with Gasteiger partial charge in [-0.25, -0.2) is 9.69 Å². The number of nitrogens with zero attached hydrogens (tertiary/aromatic N) is 2. The Kier molecular flexibility index (Phi) is 6.56. The zero-order chi connectivity index (χ0) is 21.0. The molecule has 1 aliphatic rings. The molecule has 1 fully saturated rings. The molecular weight excluding hydrogens is 415 g/mol. The van der Waals surface area contributed by atoms with Crippen molar-refractivity contribution in [2.45, 2.75) is 19.8 Å². The van der Waals surface area contributed by atoms with Gasteiger partial charge in [-0.15, -0.1) is 0 Å². The van der Waals surface area contributed by atoms with E-state index in [9.17, 15) is 14.4 Å². The number of hydrogen-bond acceptors (Lipinski definition) is 4. The molecule has 29 heavy (non-hydrogen) atoms. The van der Waals surface area contributed by atoms with E-state index in [0.29, 0.717) is 34.1 Å². The summed E-state index contributed by atoms with van der Waals surface area (Å²) in [4.78, 5) is 40.3. The Labute approximate surface area is 178 Å². The average Bonchev–Trinajstić information content (AvgIpc) is 2.97. The van der Waals surface area contributed by atoms with Gasteiger partial charge in [0.2, 0.25) is 0 Å². The number of unbranched alkanes of at least 4 members (excludes halogenated alkanes) is 1. The van der Waals surface area contributed by atoms with Crippen LogP contribution in [0.4, 0.5) is 16.2 Å². The molecule has 150 valence electrons. The van der Waals surface area contributed by atoms with Gasteiger partial charge in [-0.2, -0.15) is 0 Å². The van der Waals surface area contributed by atoms with Crippen molar-refractivity contribution in [2.24, 2.45) is 0 Å². The highest BCUT2D eigenvalue weighted by atomic mass is 35.5. The highest BCUT2D eigenvalue weighted by molar-refractivity contribution is 6.35. The van der Waals surface area contributed by atoms with Crippen LogP contribution in [0.25, 0.3) is 0 Å². The van der Waals surface area contributed by atoms with Gasteiger partial charge in [0, 0.05) is 10.0 Å². The number of anilines is 2. The molecule has 0 N–H and O–H groups in total. The molecule has 1 heterocycles. The Morgan fingerprint density at radius 1 is 0.931 bits per heavy atom. The highest BCUT2D eigenvalue weighted by Gasteiger charge is 2.45. The first-order valence-corrected chi connectivity index (χ1v) is 9.75. The van der Waals surface area contributed by atoms with Gasteiger partial charge in [0.15, 0.2) is 17.7 Å². The smallest absolute Gasteiger partial charge is 0.341 e. The maximum Gasteiger partial charge on any atom is 0.341 e. The van der Waals surface area contributed by atoms with Gasteiger partial charge in [-0.3, -0.25) is 14.5 Å². The van der Waals surface area contributed by atoms with Crippen LogP contribution >= 0.6 is 23.2 Å². The van der Waals surface area contributed by atoms with Gasteiger partial charge < -0.3 is 4.74 Å². The molecule has 0 aromatic heterocycles. The normalized spacial score (nSPS) is 15.7. The second-order valence-electron chi connectivity index (χ2n) is 6.24. The van der Waals surface area contributed by atoms with Crippen molar-refractivity contribution >= 4 is 52.8 Å². The predicted octanol–water partition coefficient (Wildman–Crippen LogP) is 5.19. The Morgan fingerprint density at radius 3 is 1.93 bits per heavy atom. The lowest BCUT2D eigenvalue weighted by Crippen LogP contribution is -2.32. The van der Waals surface area contributed by atoms with E-state index in [1.807, 2.05) is 6.92 Å². The molecule has 3 amide bonds. The van der Waals surface area contributed by atoms with Crippen LogP contribution in [0.3, 0.4) is 0 Å². The van der Waals surface area contributed by atoms with E-state index in [-0.39, 0.29) is 18.1 Å². The SMILES string of the molecule is CCCCOC(C=O)=C1C(=O)N(c2ccc(Cl)cc2)C(=O)N1c1ccc(Cl)cc1. The Morgan fingerprint density at radius 2 is 1.45 bits per heavy atom. The molecule has 0 bridgehead atoms. The fourth-order valence-corrected chi connectivity index (χ4v) is 3.08. The van der Waals surface area contributed by atoms with E-state index in [1.165, 1.54) is 0 Å². The van der Waals surface area contributed by atoms with E-state index in [1.54, 1.807) is 48.5 Å². The minimum atomic E-state index is -0.661. The second kappa shape index (κ2) is 9.11. The molecule has 1 aliphatic heterocycles. The lowest BCUT2D eigenvalue weighted by molar-refractivity contribution is -0.115. The summed E-state index contributed by atoms with van der Waals surface area (Å²) < 4.78 is 5.54. The standard InChI is InChI=1S/C21H18Cl2N2O4/c1-2-3-12-29-18(13-26)19-20(27)25(17-10-6-15(23)7-11-17)21(28)24(19)16-8-4-14(22)5-9-16/h4-11,13H,2-3,12H2,1H3. The van der Waals surface area contributed by atoms with Crippen molar-refractivity contribution in [1.29, 1.82) is 0 Å². The average molecular weight is 433 g/mol. The van der Waals surface area contributed by atoms with Crippen LogP contribution in [-0.2, 0) is 14.3 Å². The number of hydrogen-bond donors (Lipinski definition) is 0. The molecule has 2 aromatic carbocycles. The zero-order valence-electron chi connectivity index (χ0n) is 15.6. The maximum atomic E-state index is 13.2. The van der Waals surface area contributed by atoms with Crippen LogP contribution in [0.5, 0.6) is 0 Å². The summed E-state index contributed by atoms with van der Waals surface area (Å²) in [6.07, 6.45) is 2.01. The molecule has 1 saturated heterocycles. The summed E-state index contributed by atoms with van der Waals surface area (Å²) in [6, 6.07) is 12.0. The molecule has 8 heteroatoms. The largest absolute Gasteiger partial charge is 0.488 e. The third-order valence-electron chi connectivity index (χ3n) is 4.28. The number of carbonyl (C=O) groups is 3. The number of benzene rings is 2. The molecule has 0 saturated carbocycles. The molecule has 0 radical (unpaired) electrons. The quantitative estimate of drug-likeness (QED) is 0.198. The monoisotopic (exact) mass is 432 g/mol. The first-order valence-electron chi connectivity index (χ1n) is 8.99. The van der Waals surface area contributed by atoms with Crippen molar-refractivity contribution in [3.8, 4) is 0 Å². The lowest BCUT2D eigenvalue weighted by atomic mass is 10.2. The van der Waals surface area contributed by atoms with Gasteiger partial charge in [0.25, 0.3) is 5.91 Å². The van der Waals surface area contributed by atoms with Gasteiger partial charge in [-0.1, -0.05) is 36.5 Å². The summed E-state index contributed by atoms with van der Waals surface area (Å²) in [7, 11) is 0. The predicted molar refractivity (Wildman–Crippen MR) is 112 cm³/mol. The third-order valence-corrected chi connectivity index (χ3v) is 4.78. The van der Waals surface area contributed by atoms with Gasteiger partial charge in [0.1, 0.15) is 0 Å².